The van der Waals surface area contributed by atoms with Crippen molar-refractivity contribution < 1.29 is 19.1 Å². The van der Waals surface area contributed by atoms with Crippen molar-refractivity contribution in [1.82, 2.24) is 5.32 Å². The normalized spacial score (nSPS) is 12.3. The molecule has 112 valence electrons. The van der Waals surface area contributed by atoms with Crippen LogP contribution in [0.3, 0.4) is 0 Å². The Kier molecular flexibility index (Phi) is 4.62. The number of amides is 1. The van der Waals surface area contributed by atoms with Crippen LogP contribution in [0.1, 0.15) is 35.9 Å². The number of hydrogen-bond donors (Lipinski definition) is 2. The van der Waals surface area contributed by atoms with E-state index in [0.717, 1.165) is 10.9 Å². The third-order valence-electron chi connectivity index (χ3n) is 3.57. The topological polar surface area (TPSA) is 79.5 Å². The molecule has 21 heavy (non-hydrogen) atoms. The number of benzene rings is 1. The van der Waals surface area contributed by atoms with Gasteiger partial charge in [0.1, 0.15) is 5.58 Å². The highest BCUT2D eigenvalue weighted by Crippen LogP contribution is 2.24. The first-order chi connectivity index (χ1) is 10.0. The highest BCUT2D eigenvalue weighted by Gasteiger charge is 2.17. The zero-order valence-electron chi connectivity index (χ0n) is 12.2. The van der Waals surface area contributed by atoms with Gasteiger partial charge in [0, 0.05) is 17.5 Å². The standard InChI is InChI=1S/C16H19NO4/c1-10(16(19)20)6-5-9-17-15(18)14-11(2)12-7-3-4-8-13(12)21-14/h3-4,7-8,10H,5-6,9H2,1-2H3,(H,17,18)(H,19,20). The largest absolute Gasteiger partial charge is 0.481 e. The van der Waals surface area contributed by atoms with Crippen molar-refractivity contribution in [3.63, 3.8) is 0 Å². The molecule has 1 heterocycles. The summed E-state index contributed by atoms with van der Waals surface area (Å²) in [6.45, 7) is 3.95. The summed E-state index contributed by atoms with van der Waals surface area (Å²) < 4.78 is 5.57. The Hall–Kier alpha value is -2.30. The molecule has 2 aromatic rings. The number of hydrogen-bond acceptors (Lipinski definition) is 3. The van der Waals surface area contributed by atoms with E-state index in [1.165, 1.54) is 0 Å². The minimum Gasteiger partial charge on any atom is -0.481 e. The van der Waals surface area contributed by atoms with E-state index in [4.69, 9.17) is 9.52 Å². The summed E-state index contributed by atoms with van der Waals surface area (Å²) in [5, 5.41) is 12.5. The summed E-state index contributed by atoms with van der Waals surface area (Å²) in [5.41, 5.74) is 1.52. The van der Waals surface area contributed by atoms with Crippen molar-refractivity contribution in [2.45, 2.75) is 26.7 Å². The lowest BCUT2D eigenvalue weighted by molar-refractivity contribution is -0.141. The molecule has 0 bridgehead atoms. The number of carbonyl (C=O) groups is 2. The van der Waals surface area contributed by atoms with Crippen LogP contribution in [-0.4, -0.2) is 23.5 Å². The van der Waals surface area contributed by atoms with Gasteiger partial charge in [-0.25, -0.2) is 0 Å². The fourth-order valence-electron chi connectivity index (χ4n) is 2.20. The van der Waals surface area contributed by atoms with Gasteiger partial charge in [-0.1, -0.05) is 25.1 Å². The Bertz CT molecular complexity index is 659. The monoisotopic (exact) mass is 289 g/mol. The van der Waals surface area contributed by atoms with Crippen LogP contribution < -0.4 is 5.32 Å². The van der Waals surface area contributed by atoms with Crippen molar-refractivity contribution in [3.05, 3.63) is 35.6 Å². The highest BCUT2D eigenvalue weighted by atomic mass is 16.4. The molecule has 0 aliphatic rings. The second-order valence-corrected chi connectivity index (χ2v) is 5.19. The lowest BCUT2D eigenvalue weighted by Gasteiger charge is -2.06. The molecular formula is C16H19NO4. The second kappa shape index (κ2) is 6.43. The fraction of sp³-hybridized carbons (Fsp3) is 0.375. The number of para-hydroxylation sites is 1. The zero-order valence-corrected chi connectivity index (χ0v) is 12.2. The van der Waals surface area contributed by atoms with Gasteiger partial charge in [0.15, 0.2) is 5.76 Å². The minimum atomic E-state index is -0.811. The molecule has 0 saturated carbocycles. The van der Waals surface area contributed by atoms with Crippen LogP contribution in [-0.2, 0) is 4.79 Å². The molecule has 1 unspecified atom stereocenters. The lowest BCUT2D eigenvalue weighted by Crippen LogP contribution is -2.25. The van der Waals surface area contributed by atoms with Crippen molar-refractivity contribution in [2.75, 3.05) is 6.54 Å². The number of aliphatic carboxylic acids is 1. The molecule has 0 spiro atoms. The molecule has 0 aliphatic heterocycles. The summed E-state index contributed by atoms with van der Waals surface area (Å²) in [4.78, 5) is 22.8. The molecule has 0 aliphatic carbocycles. The summed E-state index contributed by atoms with van der Waals surface area (Å²) in [5.74, 6) is -1.14. The van der Waals surface area contributed by atoms with Crippen LogP contribution in [0, 0.1) is 12.8 Å². The van der Waals surface area contributed by atoms with Crippen molar-refractivity contribution >= 4 is 22.8 Å². The van der Waals surface area contributed by atoms with E-state index in [0.29, 0.717) is 30.7 Å². The first-order valence-corrected chi connectivity index (χ1v) is 7.00. The van der Waals surface area contributed by atoms with Gasteiger partial charge in [0.2, 0.25) is 0 Å². The van der Waals surface area contributed by atoms with Crippen LogP contribution in [0.4, 0.5) is 0 Å². The summed E-state index contributed by atoms with van der Waals surface area (Å²) >= 11 is 0. The lowest BCUT2D eigenvalue weighted by atomic mass is 10.1. The number of carboxylic acids is 1. The number of nitrogens with one attached hydrogen (secondary N) is 1. The molecule has 1 aromatic carbocycles. The molecule has 5 heteroatoms. The predicted octanol–water partition coefficient (Wildman–Crippen LogP) is 2.97. The Morgan fingerprint density at radius 3 is 2.71 bits per heavy atom. The molecule has 0 radical (unpaired) electrons. The average molecular weight is 289 g/mol. The molecule has 1 amide bonds. The van der Waals surface area contributed by atoms with Crippen molar-refractivity contribution in [2.24, 2.45) is 5.92 Å². The van der Waals surface area contributed by atoms with E-state index in [9.17, 15) is 9.59 Å². The maximum Gasteiger partial charge on any atom is 0.306 e. The molecule has 5 nitrogen and oxygen atoms in total. The Balaban J connectivity index is 1.93. The molecule has 2 rings (SSSR count). The second-order valence-electron chi connectivity index (χ2n) is 5.19. The third-order valence-corrected chi connectivity index (χ3v) is 3.57. The average Bonchev–Trinajstić information content (AvgIpc) is 2.81. The zero-order chi connectivity index (χ0) is 15.4. The smallest absolute Gasteiger partial charge is 0.306 e. The van der Waals surface area contributed by atoms with Crippen LogP contribution in [0.15, 0.2) is 28.7 Å². The van der Waals surface area contributed by atoms with E-state index < -0.39 is 11.9 Å². The molecule has 0 fully saturated rings. The first-order valence-electron chi connectivity index (χ1n) is 7.00. The predicted molar refractivity (Wildman–Crippen MR) is 79.3 cm³/mol. The Labute approximate surface area is 122 Å². The number of rotatable bonds is 6. The van der Waals surface area contributed by atoms with Gasteiger partial charge in [-0.3, -0.25) is 9.59 Å². The maximum absolute atomic E-state index is 12.1. The van der Waals surface area contributed by atoms with Crippen LogP contribution >= 0.6 is 0 Å². The molecule has 1 atom stereocenters. The van der Waals surface area contributed by atoms with E-state index >= 15 is 0 Å². The van der Waals surface area contributed by atoms with Gasteiger partial charge in [-0.15, -0.1) is 0 Å². The van der Waals surface area contributed by atoms with Gasteiger partial charge in [-0.2, -0.15) is 0 Å². The SMILES string of the molecule is Cc1c(C(=O)NCCCC(C)C(=O)O)oc2ccccc12. The highest BCUT2D eigenvalue weighted by molar-refractivity contribution is 5.98. The number of carbonyl (C=O) groups excluding carboxylic acids is 1. The maximum atomic E-state index is 12.1. The quantitative estimate of drug-likeness (QED) is 0.801. The van der Waals surface area contributed by atoms with Gasteiger partial charge in [0.25, 0.3) is 5.91 Å². The Morgan fingerprint density at radius 2 is 2.05 bits per heavy atom. The Morgan fingerprint density at radius 1 is 1.33 bits per heavy atom. The van der Waals surface area contributed by atoms with Gasteiger partial charge >= 0.3 is 5.97 Å². The van der Waals surface area contributed by atoms with E-state index in [1.54, 1.807) is 6.92 Å². The van der Waals surface area contributed by atoms with E-state index in [2.05, 4.69) is 5.32 Å². The van der Waals surface area contributed by atoms with Crippen molar-refractivity contribution in [3.8, 4) is 0 Å². The van der Waals surface area contributed by atoms with Crippen LogP contribution in [0.5, 0.6) is 0 Å². The molecule has 0 saturated heterocycles. The van der Waals surface area contributed by atoms with Gasteiger partial charge < -0.3 is 14.8 Å². The first kappa shape index (κ1) is 15.1. The van der Waals surface area contributed by atoms with Crippen molar-refractivity contribution in [1.29, 1.82) is 0 Å². The van der Waals surface area contributed by atoms with Gasteiger partial charge in [0.05, 0.1) is 5.92 Å². The minimum absolute atomic E-state index is 0.258. The number of furan rings is 1. The molecular weight excluding hydrogens is 270 g/mol. The van der Waals surface area contributed by atoms with Gasteiger partial charge in [-0.05, 0) is 25.8 Å². The summed E-state index contributed by atoms with van der Waals surface area (Å²) in [7, 11) is 0. The van der Waals surface area contributed by atoms with Crippen LogP contribution in [0.25, 0.3) is 11.0 Å². The summed E-state index contributed by atoms with van der Waals surface area (Å²) in [6.07, 6.45) is 1.16. The van der Waals surface area contributed by atoms with E-state index in [1.807, 2.05) is 31.2 Å². The van der Waals surface area contributed by atoms with Crippen LogP contribution in [0.2, 0.25) is 0 Å². The molecule has 2 N–H and O–H groups in total. The number of fused-ring (bicyclic) bond motifs is 1. The van der Waals surface area contributed by atoms with E-state index in [-0.39, 0.29) is 5.91 Å². The third kappa shape index (κ3) is 3.42. The number of aryl methyl sites for hydroxylation is 1. The fourth-order valence-corrected chi connectivity index (χ4v) is 2.20. The molecule has 1 aromatic heterocycles. The summed E-state index contributed by atoms with van der Waals surface area (Å²) in [6, 6.07) is 7.51. The number of carboxylic acid groups (broad SMARTS) is 1.